The van der Waals surface area contributed by atoms with Gasteiger partial charge in [-0.15, -0.1) is 11.3 Å². The van der Waals surface area contributed by atoms with Crippen molar-refractivity contribution in [3.63, 3.8) is 0 Å². The second-order valence-electron chi connectivity index (χ2n) is 19.3. The fourth-order valence-corrected chi connectivity index (χ4v) is 11.0. The van der Waals surface area contributed by atoms with E-state index in [-0.39, 0.29) is 96.6 Å². The van der Waals surface area contributed by atoms with E-state index < -0.39 is 41.3 Å². The number of carbonyl (C=O) groups is 4. The lowest BCUT2D eigenvalue weighted by atomic mass is 9.62. The molecular formula is C47H70N8O7S5. The van der Waals surface area contributed by atoms with Crippen molar-refractivity contribution in [3.05, 3.63) is 58.2 Å². The van der Waals surface area contributed by atoms with Crippen molar-refractivity contribution in [2.24, 2.45) is 16.7 Å². The molecule has 3 aromatic heterocycles. The highest BCUT2D eigenvalue weighted by Crippen LogP contribution is 2.48. The maximum Gasteiger partial charge on any atom is 0.324 e. The van der Waals surface area contributed by atoms with E-state index in [0.29, 0.717) is 63.3 Å². The Balaban J connectivity index is 0.00000245. The van der Waals surface area contributed by atoms with Crippen molar-refractivity contribution in [1.82, 2.24) is 40.1 Å². The Morgan fingerprint density at radius 1 is 1.10 bits per heavy atom. The molecule has 6 bridgehead atoms. The molecule has 370 valence electrons. The molecule has 2 saturated heterocycles. The van der Waals surface area contributed by atoms with Crippen molar-refractivity contribution in [3.8, 4) is 22.5 Å². The van der Waals surface area contributed by atoms with Crippen LogP contribution in [0.15, 0.2) is 41.9 Å². The predicted octanol–water partition coefficient (Wildman–Crippen LogP) is 6.19. The number of aromatic nitrogens is 3. The van der Waals surface area contributed by atoms with Crippen LogP contribution in [-0.4, -0.2) is 123 Å². The molecule has 4 atom stereocenters. The third-order valence-corrected chi connectivity index (χ3v) is 14.3. The van der Waals surface area contributed by atoms with Crippen molar-refractivity contribution in [2.45, 2.75) is 117 Å². The molecule has 3 aliphatic heterocycles. The third kappa shape index (κ3) is 11.3. The molecule has 1 aromatic carbocycles. The fourth-order valence-electron chi connectivity index (χ4n) is 10.2. The van der Waals surface area contributed by atoms with Gasteiger partial charge in [0.05, 0.1) is 40.9 Å². The number of urea groups is 1. The summed E-state index contributed by atoms with van der Waals surface area (Å²) in [7, 11) is 3.32. The minimum absolute atomic E-state index is 0. The minimum Gasteiger partial charge on any atom is -0.464 e. The first-order valence-electron chi connectivity index (χ1n) is 22.3. The molecule has 4 amide bonds. The number of aliphatic hydroxyl groups is 1. The lowest BCUT2D eigenvalue weighted by Gasteiger charge is -2.58. The van der Waals surface area contributed by atoms with E-state index in [1.807, 2.05) is 32.2 Å². The normalized spacial score (nSPS) is 20.9. The van der Waals surface area contributed by atoms with Gasteiger partial charge in [0, 0.05) is 91.2 Å². The molecule has 3 N–H and O–H groups in total. The Morgan fingerprint density at radius 3 is 2.48 bits per heavy atom. The molecule has 1 saturated carbocycles. The van der Waals surface area contributed by atoms with Crippen LogP contribution in [0.25, 0.3) is 33.4 Å². The molecule has 20 heteroatoms. The summed E-state index contributed by atoms with van der Waals surface area (Å²) in [6.07, 6.45) is 4.31. The molecule has 6 heterocycles. The van der Waals surface area contributed by atoms with E-state index >= 15 is 0 Å². The number of ether oxygens (including phenoxy) is 2. The van der Waals surface area contributed by atoms with Gasteiger partial charge in [-0.05, 0) is 81.7 Å². The number of pyridine rings is 1. The maximum atomic E-state index is 14.6. The monoisotopic (exact) mass is 1020 g/mol. The van der Waals surface area contributed by atoms with Gasteiger partial charge in [-0.2, -0.15) is 54.0 Å². The van der Waals surface area contributed by atoms with E-state index in [1.54, 1.807) is 25.3 Å². The molecule has 4 aliphatic rings. The number of esters is 1. The zero-order chi connectivity index (χ0) is 45.0. The number of nitrogens with one attached hydrogen (secondary N) is 2. The van der Waals surface area contributed by atoms with Crippen molar-refractivity contribution in [2.75, 3.05) is 40.4 Å². The topological polar surface area (TPSA) is 171 Å². The average Bonchev–Trinajstić information content (AvgIpc) is 3.83. The van der Waals surface area contributed by atoms with Gasteiger partial charge < -0.3 is 34.3 Å². The first-order valence-corrected chi connectivity index (χ1v) is 23.2. The van der Waals surface area contributed by atoms with Crippen LogP contribution >= 0.6 is 65.3 Å². The van der Waals surface area contributed by atoms with Crippen LogP contribution in [0.3, 0.4) is 0 Å². The molecule has 4 aromatic rings. The molecule has 1 spiro atoms. The molecule has 0 unspecified atom stereocenters. The summed E-state index contributed by atoms with van der Waals surface area (Å²) in [6, 6.07) is 7.49. The van der Waals surface area contributed by atoms with Crippen molar-refractivity contribution >= 4 is 100 Å². The number of hydrogen-bond donors (Lipinski definition) is 3. The molecule has 67 heavy (non-hydrogen) atoms. The van der Waals surface area contributed by atoms with Gasteiger partial charge in [-0.3, -0.25) is 24.4 Å². The Morgan fingerprint density at radius 2 is 1.82 bits per heavy atom. The summed E-state index contributed by atoms with van der Waals surface area (Å²) in [5, 5.41) is 18.0. The highest BCUT2D eigenvalue weighted by molar-refractivity contribution is 7.59. The van der Waals surface area contributed by atoms with Crippen molar-refractivity contribution < 1.29 is 33.8 Å². The Kier molecular flexibility index (Phi) is 18.8. The Labute approximate surface area is 426 Å². The summed E-state index contributed by atoms with van der Waals surface area (Å²) in [5.41, 5.74) is 9.31. The van der Waals surface area contributed by atoms with Crippen LogP contribution in [-0.2, 0) is 43.2 Å². The Hall–Kier alpha value is -3.50. The maximum absolute atomic E-state index is 14.6. The Bertz CT molecular complexity index is 2400. The number of aliphatic hydroxyl groups excluding tert-OH is 1. The van der Waals surface area contributed by atoms with Gasteiger partial charge in [0.2, 0.25) is 5.91 Å². The molecular weight excluding hydrogens is 949 g/mol. The van der Waals surface area contributed by atoms with E-state index in [9.17, 15) is 24.3 Å². The number of nitrogens with zero attached hydrogens (tertiary/aromatic N) is 6. The van der Waals surface area contributed by atoms with Gasteiger partial charge in [-0.25, -0.2) is 15.2 Å². The number of methoxy groups -OCH3 is 1. The minimum atomic E-state index is -1.05. The number of thiazole rings is 1. The smallest absolute Gasteiger partial charge is 0.324 e. The van der Waals surface area contributed by atoms with Gasteiger partial charge in [0.1, 0.15) is 18.1 Å². The van der Waals surface area contributed by atoms with Crippen LogP contribution in [0.5, 0.6) is 0 Å². The number of likely N-dealkylation sites (N-methyl/N-ethyl adjacent to an activating group) is 1. The standard InChI is InChI=1S/C47H62N8O7S.4H2S/c1-9-54-37-15-14-29-18-32(37)33(41(54)31-12-10-16-48-39(31)28(4)61-8)22-46(5,6)26-62-44(59)34-13-11-17-55(51-34)43(58)35(19-38-49-36(29)23-63-38)50-42(57)40(27(2)3)52(7)45(60)53-24-47(25-53)20-30(56)21-47;;;;/h10,12,14-16,18,23,27-28,30,34-35,40,51,56H,9,11,13,17,19-22,24-26H2,1-8H3,(H,50,57);4*1H2/t28-,34-,35-,40-;;;;/m0..../s1. The van der Waals surface area contributed by atoms with E-state index in [1.165, 1.54) is 21.2 Å². The number of benzene rings is 1. The van der Waals surface area contributed by atoms with Gasteiger partial charge in [0.15, 0.2) is 0 Å². The first-order chi connectivity index (χ1) is 30.0. The van der Waals surface area contributed by atoms with Crippen LogP contribution in [0, 0.1) is 16.7 Å². The van der Waals surface area contributed by atoms with E-state index in [0.717, 1.165) is 44.7 Å². The lowest BCUT2D eigenvalue weighted by Crippen LogP contribution is -2.68. The fraction of sp³-hybridized carbons (Fsp3) is 0.574. The molecule has 15 nitrogen and oxygen atoms in total. The molecule has 1 aliphatic carbocycles. The van der Waals surface area contributed by atoms with Gasteiger partial charge in [-0.1, -0.05) is 33.8 Å². The largest absolute Gasteiger partial charge is 0.464 e. The van der Waals surface area contributed by atoms with Crippen molar-refractivity contribution in [1.29, 1.82) is 0 Å². The summed E-state index contributed by atoms with van der Waals surface area (Å²) in [6.45, 7) is 14.4. The number of hydrazine groups is 1. The number of carbonyl (C=O) groups excluding carboxylic acids is 4. The van der Waals surface area contributed by atoms with E-state index in [2.05, 4.69) is 60.3 Å². The summed E-state index contributed by atoms with van der Waals surface area (Å²) >= 11 is 1.42. The SMILES string of the molecule is CCn1c(-c2cccnc2[C@H](C)OC)c2c3cc(ccc31)-c1csc(n1)C[C@H](NC(=O)[C@H](C(C)C)N(C)C(=O)N1CC3(CC(O)C3)C1)C(=O)N1CCC[C@H](N1)C(=O)OCC(C)(C)C2.S.S.S.S. The van der Waals surface area contributed by atoms with Gasteiger partial charge >= 0.3 is 12.0 Å². The second kappa shape index (κ2) is 22.5. The molecule has 0 radical (unpaired) electrons. The first kappa shape index (κ1) is 56.1. The predicted molar refractivity (Wildman–Crippen MR) is 282 cm³/mol. The van der Waals surface area contributed by atoms with Gasteiger partial charge in [0.25, 0.3) is 5.91 Å². The lowest BCUT2D eigenvalue weighted by molar-refractivity contribution is -0.155. The number of cyclic esters (lactones) is 1. The number of aryl methyl sites for hydroxylation is 1. The molecule has 3 fully saturated rings. The van der Waals surface area contributed by atoms with Crippen LogP contribution in [0.2, 0.25) is 0 Å². The van der Waals surface area contributed by atoms with E-state index in [4.69, 9.17) is 19.4 Å². The highest BCUT2D eigenvalue weighted by Gasteiger charge is 2.54. The number of hydrogen-bond acceptors (Lipinski definition) is 11. The zero-order valence-electron chi connectivity index (χ0n) is 39.8. The average molecular weight is 1020 g/mol. The summed E-state index contributed by atoms with van der Waals surface area (Å²) < 4.78 is 14.2. The van der Waals surface area contributed by atoms with Crippen LogP contribution in [0.4, 0.5) is 4.79 Å². The highest BCUT2D eigenvalue weighted by atomic mass is 32.1. The summed E-state index contributed by atoms with van der Waals surface area (Å²) in [5.74, 6) is -1.57. The second-order valence-corrected chi connectivity index (χ2v) is 20.2. The number of fused-ring (bicyclic) bond motifs is 6. The van der Waals surface area contributed by atoms with Crippen LogP contribution in [0.1, 0.15) is 89.6 Å². The van der Waals surface area contributed by atoms with Crippen LogP contribution < -0.4 is 10.7 Å². The zero-order valence-corrected chi connectivity index (χ0v) is 44.6. The number of rotatable bonds is 8. The number of likely N-dealkylation sites (tertiary alicyclic amines) is 1. The molecule has 8 rings (SSSR count). The third-order valence-electron chi connectivity index (χ3n) is 13.4. The summed E-state index contributed by atoms with van der Waals surface area (Å²) in [4.78, 5) is 69.6. The number of amides is 4. The quantitative estimate of drug-likeness (QED) is 0.173.